The molecule has 32 heavy (non-hydrogen) atoms. The lowest BCUT2D eigenvalue weighted by Crippen LogP contribution is -2.43. The van der Waals surface area contributed by atoms with Crippen LogP contribution < -0.4 is 4.90 Å². The van der Waals surface area contributed by atoms with Crippen LogP contribution >= 0.6 is 11.3 Å². The zero-order valence-electron chi connectivity index (χ0n) is 18.9. The van der Waals surface area contributed by atoms with Gasteiger partial charge in [-0.25, -0.2) is 9.50 Å². The van der Waals surface area contributed by atoms with E-state index >= 15 is 0 Å². The van der Waals surface area contributed by atoms with Gasteiger partial charge in [0, 0.05) is 28.9 Å². The van der Waals surface area contributed by atoms with Gasteiger partial charge >= 0.3 is 0 Å². The molecular weight excluding hydrogens is 420 g/mol. The average Bonchev–Trinajstić information content (AvgIpc) is 3.43. The molecule has 0 unspecified atom stereocenters. The molecule has 3 heterocycles. The van der Waals surface area contributed by atoms with Crippen molar-refractivity contribution >= 4 is 34.4 Å². The second-order valence-corrected chi connectivity index (χ2v) is 9.95. The summed E-state index contributed by atoms with van der Waals surface area (Å²) in [5, 5.41) is 6.34. The zero-order valence-corrected chi connectivity index (χ0v) is 19.7. The Bertz CT molecular complexity index is 1280. The molecule has 1 amide bonds. The Morgan fingerprint density at radius 3 is 2.53 bits per heavy atom. The monoisotopic (exact) mass is 446 g/mol. The van der Waals surface area contributed by atoms with Crippen molar-refractivity contribution in [3.63, 3.8) is 0 Å². The quantitative estimate of drug-likeness (QED) is 0.381. The van der Waals surface area contributed by atoms with Gasteiger partial charge in [0.05, 0.1) is 22.3 Å². The summed E-state index contributed by atoms with van der Waals surface area (Å²) in [7, 11) is 0. The first-order chi connectivity index (χ1) is 15.2. The van der Waals surface area contributed by atoms with Crippen molar-refractivity contribution in [1.29, 1.82) is 0 Å². The normalized spacial score (nSPS) is 11.8. The Morgan fingerprint density at radius 1 is 1.09 bits per heavy atom. The molecule has 0 N–H and O–H groups in total. The summed E-state index contributed by atoms with van der Waals surface area (Å²) in [5.74, 6) is -0.0254. The molecule has 7 heteroatoms. The molecule has 0 aliphatic rings. The van der Waals surface area contributed by atoms with E-state index in [-0.39, 0.29) is 17.7 Å². The maximum Gasteiger partial charge on any atom is 0.232 e. The fourth-order valence-corrected chi connectivity index (χ4v) is 4.31. The highest BCUT2D eigenvalue weighted by Crippen LogP contribution is 2.30. The Labute approximate surface area is 191 Å². The van der Waals surface area contributed by atoms with Gasteiger partial charge in [-0.15, -0.1) is 11.3 Å². The molecule has 4 rings (SSSR count). The number of carbonyl (C=O) groups is 2. The van der Waals surface area contributed by atoms with Crippen LogP contribution in [0.4, 0.5) is 5.69 Å². The van der Waals surface area contributed by atoms with Crippen molar-refractivity contribution in [2.75, 3.05) is 4.90 Å². The Balaban J connectivity index is 1.79. The molecule has 0 aliphatic heterocycles. The molecule has 0 aliphatic carbocycles. The lowest BCUT2D eigenvalue weighted by Gasteiger charge is -2.33. The summed E-state index contributed by atoms with van der Waals surface area (Å²) in [6, 6.07) is 13.4. The highest BCUT2D eigenvalue weighted by atomic mass is 32.1. The second kappa shape index (κ2) is 8.31. The fourth-order valence-electron chi connectivity index (χ4n) is 3.64. The SMILES string of the molecule is CC(C)N(C(=O)C(C)(C)C)c1cccc(-c2ccnc3c(C(=O)c4cccs4)cnn23)c1. The van der Waals surface area contributed by atoms with Crippen LogP contribution in [0.3, 0.4) is 0 Å². The van der Waals surface area contributed by atoms with Crippen molar-refractivity contribution in [2.45, 2.75) is 40.7 Å². The third kappa shape index (κ3) is 3.96. The Hall–Kier alpha value is -3.32. The van der Waals surface area contributed by atoms with E-state index in [0.717, 1.165) is 16.9 Å². The van der Waals surface area contributed by atoms with E-state index in [0.29, 0.717) is 16.1 Å². The summed E-state index contributed by atoms with van der Waals surface area (Å²) in [4.78, 5) is 32.9. The predicted molar refractivity (Wildman–Crippen MR) is 128 cm³/mol. The number of nitrogens with zero attached hydrogens (tertiary/aromatic N) is 4. The number of ketones is 1. The smallest absolute Gasteiger partial charge is 0.232 e. The first-order valence-corrected chi connectivity index (χ1v) is 11.4. The lowest BCUT2D eigenvalue weighted by molar-refractivity contribution is -0.126. The standard InChI is InChI=1S/C25H26N4O2S/c1-16(2)28(24(31)25(3,4)5)18-9-6-8-17(14-18)20-11-12-26-23-19(15-27-29(20)23)22(30)21-10-7-13-32-21/h6-16H,1-5H3. The van der Waals surface area contributed by atoms with Gasteiger partial charge in [-0.05, 0) is 43.5 Å². The molecule has 0 bridgehead atoms. The highest BCUT2D eigenvalue weighted by molar-refractivity contribution is 7.12. The Kier molecular flexibility index (Phi) is 5.69. The number of carbonyl (C=O) groups excluding carboxylic acids is 2. The van der Waals surface area contributed by atoms with Crippen molar-refractivity contribution in [2.24, 2.45) is 5.41 Å². The van der Waals surface area contributed by atoms with E-state index in [1.165, 1.54) is 11.3 Å². The van der Waals surface area contributed by atoms with Gasteiger partial charge in [-0.2, -0.15) is 5.10 Å². The van der Waals surface area contributed by atoms with Crippen LogP contribution in [-0.4, -0.2) is 32.3 Å². The number of aromatic nitrogens is 3. The molecule has 0 fully saturated rings. The van der Waals surface area contributed by atoms with Gasteiger partial charge in [0.2, 0.25) is 11.7 Å². The topological polar surface area (TPSA) is 67.6 Å². The van der Waals surface area contributed by atoms with E-state index in [2.05, 4.69) is 10.1 Å². The highest BCUT2D eigenvalue weighted by Gasteiger charge is 2.30. The maximum absolute atomic E-state index is 13.1. The third-order valence-corrected chi connectivity index (χ3v) is 6.06. The third-order valence-electron chi connectivity index (χ3n) is 5.19. The summed E-state index contributed by atoms with van der Waals surface area (Å²) < 4.78 is 1.69. The molecular formula is C25H26N4O2S. The van der Waals surface area contributed by atoms with Crippen molar-refractivity contribution in [3.8, 4) is 11.3 Å². The minimum Gasteiger partial charge on any atom is -0.309 e. The fraction of sp³-hybridized carbons (Fsp3) is 0.280. The van der Waals surface area contributed by atoms with Gasteiger partial charge in [0.1, 0.15) is 0 Å². The molecule has 0 atom stereocenters. The maximum atomic E-state index is 13.1. The van der Waals surface area contributed by atoms with Crippen LogP contribution in [0.25, 0.3) is 16.9 Å². The number of rotatable bonds is 5. The van der Waals surface area contributed by atoms with E-state index in [9.17, 15) is 9.59 Å². The minimum atomic E-state index is -0.497. The number of thiophene rings is 1. The number of amides is 1. The summed E-state index contributed by atoms with van der Waals surface area (Å²) in [6.07, 6.45) is 3.26. The lowest BCUT2D eigenvalue weighted by atomic mass is 9.93. The number of fused-ring (bicyclic) bond motifs is 1. The van der Waals surface area contributed by atoms with Crippen molar-refractivity contribution in [3.05, 3.63) is 70.7 Å². The van der Waals surface area contributed by atoms with E-state index in [1.54, 1.807) is 23.0 Å². The van der Waals surface area contributed by atoms with Crippen LogP contribution in [-0.2, 0) is 4.79 Å². The molecule has 4 aromatic rings. The molecule has 0 saturated heterocycles. The van der Waals surface area contributed by atoms with Gasteiger partial charge in [0.15, 0.2) is 5.65 Å². The average molecular weight is 447 g/mol. The zero-order chi connectivity index (χ0) is 23.0. The summed E-state index contributed by atoms with van der Waals surface area (Å²) in [6.45, 7) is 9.80. The van der Waals surface area contributed by atoms with Crippen LogP contribution in [0.1, 0.15) is 49.9 Å². The second-order valence-electron chi connectivity index (χ2n) is 9.00. The number of anilines is 1. The molecule has 6 nitrogen and oxygen atoms in total. The Morgan fingerprint density at radius 2 is 1.88 bits per heavy atom. The van der Waals surface area contributed by atoms with Crippen LogP contribution in [0.15, 0.2) is 60.2 Å². The van der Waals surface area contributed by atoms with E-state index in [4.69, 9.17) is 0 Å². The van der Waals surface area contributed by atoms with Gasteiger partial charge in [0.25, 0.3) is 0 Å². The summed E-state index contributed by atoms with van der Waals surface area (Å²) >= 11 is 1.40. The minimum absolute atomic E-state index is 0.00848. The number of hydrogen-bond donors (Lipinski definition) is 0. The van der Waals surface area contributed by atoms with Crippen LogP contribution in [0.2, 0.25) is 0 Å². The first-order valence-electron chi connectivity index (χ1n) is 10.5. The molecule has 3 aromatic heterocycles. The van der Waals surface area contributed by atoms with E-state index in [1.807, 2.05) is 81.3 Å². The number of benzene rings is 1. The van der Waals surface area contributed by atoms with Crippen LogP contribution in [0.5, 0.6) is 0 Å². The van der Waals surface area contributed by atoms with Gasteiger partial charge < -0.3 is 4.90 Å². The van der Waals surface area contributed by atoms with Gasteiger partial charge in [-0.3, -0.25) is 9.59 Å². The summed E-state index contributed by atoms with van der Waals surface area (Å²) in [5.41, 5.74) is 3.00. The molecule has 1 aromatic carbocycles. The van der Waals surface area contributed by atoms with Crippen LogP contribution in [0, 0.1) is 5.41 Å². The molecule has 0 saturated carbocycles. The van der Waals surface area contributed by atoms with Crippen molar-refractivity contribution in [1.82, 2.24) is 14.6 Å². The molecule has 0 spiro atoms. The van der Waals surface area contributed by atoms with Gasteiger partial charge in [-0.1, -0.05) is 39.0 Å². The molecule has 0 radical (unpaired) electrons. The largest absolute Gasteiger partial charge is 0.309 e. The number of hydrogen-bond acceptors (Lipinski definition) is 5. The van der Waals surface area contributed by atoms with Crippen molar-refractivity contribution < 1.29 is 9.59 Å². The predicted octanol–water partition coefficient (Wildman–Crippen LogP) is 5.48. The first kappa shape index (κ1) is 21.9. The van der Waals surface area contributed by atoms with E-state index < -0.39 is 5.41 Å². The molecule has 164 valence electrons.